The fourth-order valence-corrected chi connectivity index (χ4v) is 4.75. The van der Waals surface area contributed by atoms with E-state index in [1.807, 2.05) is 54.6 Å². The van der Waals surface area contributed by atoms with Gasteiger partial charge in [0.2, 0.25) is 0 Å². The summed E-state index contributed by atoms with van der Waals surface area (Å²) in [6, 6.07) is 26.6. The van der Waals surface area contributed by atoms with Gasteiger partial charge in [0.15, 0.2) is 0 Å². The third-order valence-electron chi connectivity index (χ3n) is 5.40. The maximum Gasteiger partial charge on any atom is 0.263 e. The highest BCUT2D eigenvalue weighted by Gasteiger charge is 2.24. The quantitative estimate of drug-likeness (QED) is 0.354. The molecule has 2 unspecified atom stereocenters. The number of methoxy groups -OCH3 is 1. The minimum absolute atomic E-state index is 0.0921. The van der Waals surface area contributed by atoms with E-state index in [1.165, 1.54) is 17.3 Å². The largest absolute Gasteiger partial charge is 0.497 e. The molecular formula is C26H24N2O2S2. The molecule has 0 saturated carbocycles. The zero-order chi connectivity index (χ0) is 22.5. The molecule has 2 N–H and O–H groups in total. The Morgan fingerprint density at radius 1 is 0.969 bits per heavy atom. The fourth-order valence-electron chi connectivity index (χ4n) is 3.72. The second-order valence-corrected chi connectivity index (χ2v) is 9.21. The average Bonchev–Trinajstić information content (AvgIpc) is 3.15. The number of carbonyl (C=O) groups is 1. The zero-order valence-corrected chi connectivity index (χ0v) is 19.5. The zero-order valence-electron chi connectivity index (χ0n) is 17.9. The Hall–Kier alpha value is -2.93. The monoisotopic (exact) mass is 460 g/mol. The first-order valence-corrected chi connectivity index (χ1v) is 11.6. The molecule has 0 spiro atoms. The number of thioether (sulfide) groups is 1. The highest BCUT2D eigenvalue weighted by molar-refractivity contribution is 8.26. The van der Waals surface area contributed by atoms with Gasteiger partial charge in [-0.15, -0.1) is 0 Å². The summed E-state index contributed by atoms with van der Waals surface area (Å²) in [4.78, 5) is 12.9. The molecular weight excluding hydrogens is 436 g/mol. The van der Waals surface area contributed by atoms with Crippen LogP contribution in [0.25, 0.3) is 6.08 Å². The summed E-state index contributed by atoms with van der Waals surface area (Å²) >= 11 is 6.45. The molecule has 4 nitrogen and oxygen atoms in total. The van der Waals surface area contributed by atoms with Gasteiger partial charge in [0.05, 0.1) is 18.1 Å². The van der Waals surface area contributed by atoms with Gasteiger partial charge in [-0.3, -0.25) is 10.1 Å². The molecule has 1 aliphatic rings. The van der Waals surface area contributed by atoms with Crippen molar-refractivity contribution in [1.29, 1.82) is 0 Å². The van der Waals surface area contributed by atoms with Crippen molar-refractivity contribution in [3.05, 3.63) is 106 Å². The van der Waals surface area contributed by atoms with Crippen molar-refractivity contribution in [3.63, 3.8) is 0 Å². The van der Waals surface area contributed by atoms with E-state index >= 15 is 0 Å². The van der Waals surface area contributed by atoms with E-state index < -0.39 is 0 Å². The molecule has 3 aromatic rings. The first kappa shape index (κ1) is 22.3. The number of hydrogen-bond acceptors (Lipinski definition) is 5. The number of ether oxygens (including phenoxy) is 1. The minimum Gasteiger partial charge on any atom is -0.497 e. The molecule has 1 fully saturated rings. The summed E-state index contributed by atoms with van der Waals surface area (Å²) < 4.78 is 5.84. The standard InChI is InChI=1S/C26H24N2O2S2/c1-17(18-8-4-3-5-9-18)27-24(19-12-14-21(30-2)15-13-19)22-11-7-6-10-20(22)16-23-25(29)28-26(31)32-23/h3-17,24,27H,1-2H3,(H,28,29,31)/b23-16-. The molecule has 3 aromatic carbocycles. The second kappa shape index (κ2) is 10.1. The average molecular weight is 461 g/mol. The van der Waals surface area contributed by atoms with Crippen LogP contribution >= 0.6 is 24.0 Å². The lowest BCUT2D eigenvalue weighted by Gasteiger charge is -2.26. The van der Waals surface area contributed by atoms with Crippen molar-refractivity contribution in [1.82, 2.24) is 10.6 Å². The summed E-state index contributed by atoms with van der Waals surface area (Å²) in [6.07, 6.45) is 1.92. The Morgan fingerprint density at radius 2 is 1.66 bits per heavy atom. The Kier molecular flexibility index (Phi) is 7.05. The number of rotatable bonds is 7. The van der Waals surface area contributed by atoms with Crippen LogP contribution in [-0.4, -0.2) is 17.3 Å². The SMILES string of the molecule is COc1ccc(C(NC(C)c2ccccc2)c2ccccc2/C=C2\SC(=S)NC2=O)cc1. The molecule has 1 aliphatic heterocycles. The second-order valence-electron chi connectivity index (χ2n) is 7.49. The molecule has 0 bridgehead atoms. The van der Waals surface area contributed by atoms with Crippen LogP contribution in [0.1, 0.15) is 41.3 Å². The van der Waals surface area contributed by atoms with Gasteiger partial charge in [0.1, 0.15) is 10.1 Å². The summed E-state index contributed by atoms with van der Waals surface area (Å²) in [7, 11) is 1.67. The minimum atomic E-state index is -0.151. The van der Waals surface area contributed by atoms with Crippen LogP contribution < -0.4 is 15.4 Å². The van der Waals surface area contributed by atoms with E-state index in [4.69, 9.17) is 17.0 Å². The van der Waals surface area contributed by atoms with Gasteiger partial charge in [0, 0.05) is 6.04 Å². The Morgan fingerprint density at radius 3 is 2.31 bits per heavy atom. The summed E-state index contributed by atoms with van der Waals surface area (Å²) in [5.74, 6) is 0.660. The van der Waals surface area contributed by atoms with E-state index in [0.29, 0.717) is 9.23 Å². The summed E-state index contributed by atoms with van der Waals surface area (Å²) in [5, 5.41) is 6.48. The fraction of sp³-hybridized carbons (Fsp3) is 0.154. The van der Waals surface area contributed by atoms with Crippen LogP contribution in [-0.2, 0) is 4.79 Å². The number of carbonyl (C=O) groups excluding carboxylic acids is 1. The number of hydrogen-bond donors (Lipinski definition) is 2. The van der Waals surface area contributed by atoms with Crippen LogP contribution in [0.15, 0.2) is 83.8 Å². The predicted octanol–water partition coefficient (Wildman–Crippen LogP) is 5.62. The first-order chi connectivity index (χ1) is 15.5. The number of benzene rings is 3. The lowest BCUT2D eigenvalue weighted by atomic mass is 9.92. The molecule has 2 atom stereocenters. The van der Waals surface area contributed by atoms with E-state index in [1.54, 1.807) is 7.11 Å². The molecule has 4 rings (SSSR count). The molecule has 1 amide bonds. The van der Waals surface area contributed by atoms with Crippen molar-refractivity contribution in [2.45, 2.75) is 19.0 Å². The molecule has 0 aromatic heterocycles. The van der Waals surface area contributed by atoms with Crippen LogP contribution in [0.3, 0.4) is 0 Å². The highest BCUT2D eigenvalue weighted by Crippen LogP contribution is 2.33. The normalized spacial score (nSPS) is 16.6. The van der Waals surface area contributed by atoms with E-state index in [9.17, 15) is 4.79 Å². The van der Waals surface area contributed by atoms with Crippen molar-refractivity contribution < 1.29 is 9.53 Å². The molecule has 32 heavy (non-hydrogen) atoms. The topological polar surface area (TPSA) is 50.4 Å². The van der Waals surface area contributed by atoms with Crippen molar-refractivity contribution in [2.24, 2.45) is 0 Å². The van der Waals surface area contributed by atoms with E-state index in [0.717, 1.165) is 22.4 Å². The van der Waals surface area contributed by atoms with Crippen LogP contribution in [0.2, 0.25) is 0 Å². The molecule has 0 aliphatic carbocycles. The Labute approximate surface area is 198 Å². The number of thiocarbonyl (C=S) groups is 1. The predicted molar refractivity (Wildman–Crippen MR) is 136 cm³/mol. The van der Waals surface area contributed by atoms with Gasteiger partial charge < -0.3 is 10.1 Å². The number of amides is 1. The van der Waals surface area contributed by atoms with Crippen LogP contribution in [0, 0.1) is 0 Å². The molecule has 1 saturated heterocycles. The van der Waals surface area contributed by atoms with Crippen molar-refractivity contribution >= 4 is 40.3 Å². The first-order valence-electron chi connectivity index (χ1n) is 10.3. The van der Waals surface area contributed by atoms with Crippen LogP contribution in [0.5, 0.6) is 5.75 Å². The molecule has 1 heterocycles. The third-order valence-corrected chi connectivity index (χ3v) is 6.56. The lowest BCUT2D eigenvalue weighted by molar-refractivity contribution is -0.115. The van der Waals surface area contributed by atoms with Gasteiger partial charge in [-0.2, -0.15) is 0 Å². The summed E-state index contributed by atoms with van der Waals surface area (Å²) in [6.45, 7) is 2.16. The maximum atomic E-state index is 12.3. The van der Waals surface area contributed by atoms with Crippen LogP contribution in [0.4, 0.5) is 0 Å². The van der Waals surface area contributed by atoms with Crippen molar-refractivity contribution in [3.8, 4) is 5.75 Å². The van der Waals surface area contributed by atoms with Gasteiger partial charge in [0.25, 0.3) is 5.91 Å². The Bertz CT molecular complexity index is 1140. The summed E-state index contributed by atoms with van der Waals surface area (Å²) in [5.41, 5.74) is 4.37. The Balaban J connectivity index is 1.75. The number of nitrogens with one attached hydrogen (secondary N) is 2. The maximum absolute atomic E-state index is 12.3. The van der Waals surface area contributed by atoms with Gasteiger partial charge >= 0.3 is 0 Å². The van der Waals surface area contributed by atoms with E-state index in [2.05, 4.69) is 47.9 Å². The lowest BCUT2D eigenvalue weighted by Crippen LogP contribution is -2.26. The molecule has 0 radical (unpaired) electrons. The third kappa shape index (κ3) is 5.10. The van der Waals surface area contributed by atoms with E-state index in [-0.39, 0.29) is 18.0 Å². The highest BCUT2D eigenvalue weighted by atomic mass is 32.2. The van der Waals surface area contributed by atoms with Crippen molar-refractivity contribution in [2.75, 3.05) is 7.11 Å². The smallest absolute Gasteiger partial charge is 0.263 e. The van der Waals surface area contributed by atoms with Gasteiger partial charge in [-0.1, -0.05) is 90.7 Å². The van der Waals surface area contributed by atoms with Gasteiger partial charge in [-0.25, -0.2) is 0 Å². The van der Waals surface area contributed by atoms with Gasteiger partial charge in [-0.05, 0) is 47.4 Å². The molecule has 6 heteroatoms. The molecule has 162 valence electrons.